The first kappa shape index (κ1) is 18.6. The maximum Gasteiger partial charge on any atom is 0.195 e. The van der Waals surface area contributed by atoms with Crippen LogP contribution in [-0.4, -0.2) is 48.0 Å². The first-order valence-electron chi connectivity index (χ1n) is 8.37. The van der Waals surface area contributed by atoms with Gasteiger partial charge < -0.3 is 24.7 Å². The van der Waals surface area contributed by atoms with E-state index in [4.69, 9.17) is 9.47 Å². The van der Waals surface area contributed by atoms with E-state index < -0.39 is 0 Å². The van der Waals surface area contributed by atoms with Crippen molar-refractivity contribution in [1.29, 1.82) is 0 Å². The maximum absolute atomic E-state index is 5.60. The van der Waals surface area contributed by atoms with E-state index in [2.05, 4.69) is 32.7 Å². The number of nitrogens with zero attached hydrogens (tertiary/aromatic N) is 4. The molecule has 0 spiro atoms. The third-order valence-electron chi connectivity index (χ3n) is 3.61. The molecule has 0 saturated carbocycles. The van der Waals surface area contributed by atoms with Crippen LogP contribution in [0.25, 0.3) is 0 Å². The molecule has 0 atom stereocenters. The van der Waals surface area contributed by atoms with Crippen LogP contribution in [0, 0.1) is 0 Å². The molecule has 1 heterocycles. The molecule has 0 radical (unpaired) electrons. The first-order chi connectivity index (χ1) is 12.2. The molecular weight excluding hydrogens is 320 g/mol. The van der Waals surface area contributed by atoms with Crippen molar-refractivity contribution >= 4 is 11.6 Å². The highest BCUT2D eigenvalue weighted by Crippen LogP contribution is 2.30. The van der Waals surface area contributed by atoms with Crippen LogP contribution in [0.3, 0.4) is 0 Å². The summed E-state index contributed by atoms with van der Waals surface area (Å²) in [6.07, 6.45) is 2.60. The number of hydrogen-bond acceptors (Lipinski definition) is 5. The van der Waals surface area contributed by atoms with Crippen LogP contribution in [0.1, 0.15) is 19.7 Å². The van der Waals surface area contributed by atoms with Crippen LogP contribution < -0.4 is 20.1 Å². The number of aryl methyl sites for hydroxylation is 1. The average Bonchev–Trinajstić information content (AvgIpc) is 3.09. The largest absolute Gasteiger partial charge is 0.493 e. The normalized spacial score (nSPS) is 11.3. The van der Waals surface area contributed by atoms with Crippen molar-refractivity contribution in [2.24, 2.45) is 4.99 Å². The van der Waals surface area contributed by atoms with Crippen molar-refractivity contribution in [2.45, 2.75) is 26.8 Å². The van der Waals surface area contributed by atoms with Crippen LogP contribution >= 0.6 is 0 Å². The van der Waals surface area contributed by atoms with Gasteiger partial charge in [-0.3, -0.25) is 4.99 Å². The molecule has 0 aliphatic heterocycles. The molecule has 2 rings (SSSR count). The fraction of sp³-hybridized carbons (Fsp3) is 0.471. The Morgan fingerprint density at radius 2 is 2.12 bits per heavy atom. The van der Waals surface area contributed by atoms with Gasteiger partial charge in [-0.25, -0.2) is 0 Å². The van der Waals surface area contributed by atoms with Crippen molar-refractivity contribution in [3.8, 4) is 11.5 Å². The van der Waals surface area contributed by atoms with Crippen LogP contribution in [0.4, 0.5) is 5.69 Å². The lowest BCUT2D eigenvalue weighted by molar-refractivity contribution is 0.311. The number of aliphatic imine (C=N–C) groups is 1. The van der Waals surface area contributed by atoms with Gasteiger partial charge in [0.25, 0.3) is 0 Å². The summed E-state index contributed by atoms with van der Waals surface area (Å²) >= 11 is 0. The molecule has 8 nitrogen and oxygen atoms in total. The van der Waals surface area contributed by atoms with E-state index in [1.165, 1.54) is 0 Å². The molecule has 0 fully saturated rings. The number of methoxy groups -OCH3 is 1. The number of benzene rings is 1. The van der Waals surface area contributed by atoms with Gasteiger partial charge in [0.2, 0.25) is 0 Å². The van der Waals surface area contributed by atoms with E-state index in [-0.39, 0.29) is 0 Å². The lowest BCUT2D eigenvalue weighted by Gasteiger charge is -2.15. The summed E-state index contributed by atoms with van der Waals surface area (Å²) in [5.74, 6) is 3.05. The Hall–Kier alpha value is -2.77. The van der Waals surface area contributed by atoms with Crippen LogP contribution in [0.15, 0.2) is 29.5 Å². The fourth-order valence-corrected chi connectivity index (χ4v) is 2.37. The zero-order valence-electron chi connectivity index (χ0n) is 15.2. The Bertz CT molecular complexity index is 698. The fourth-order valence-electron chi connectivity index (χ4n) is 2.37. The standard InChI is InChI=1S/C17H26N6O2/c1-5-16-22-20-12-23(16)10-9-19-17(18-3)21-13-7-8-14(24-4)15(11-13)25-6-2/h7-8,11-12H,5-6,9-10H2,1-4H3,(H2,18,19,21). The summed E-state index contributed by atoms with van der Waals surface area (Å²) in [4.78, 5) is 4.24. The third kappa shape index (κ3) is 5.10. The lowest BCUT2D eigenvalue weighted by Crippen LogP contribution is -2.33. The number of guanidine groups is 1. The number of aromatic nitrogens is 3. The summed E-state index contributed by atoms with van der Waals surface area (Å²) in [5, 5.41) is 14.5. The van der Waals surface area contributed by atoms with Gasteiger partial charge in [-0.1, -0.05) is 6.92 Å². The zero-order valence-corrected chi connectivity index (χ0v) is 15.2. The Kier molecular flexibility index (Phi) is 7.06. The van der Waals surface area contributed by atoms with E-state index in [1.807, 2.05) is 29.7 Å². The quantitative estimate of drug-likeness (QED) is 0.561. The molecule has 0 saturated heterocycles. The Morgan fingerprint density at radius 1 is 1.28 bits per heavy atom. The summed E-state index contributed by atoms with van der Waals surface area (Å²) in [5.41, 5.74) is 0.871. The number of anilines is 1. The Morgan fingerprint density at radius 3 is 2.80 bits per heavy atom. The van der Waals surface area contributed by atoms with Gasteiger partial charge >= 0.3 is 0 Å². The predicted octanol–water partition coefficient (Wildman–Crippen LogP) is 1.94. The van der Waals surface area contributed by atoms with Gasteiger partial charge in [-0.15, -0.1) is 10.2 Å². The highest BCUT2D eigenvalue weighted by molar-refractivity contribution is 5.93. The van der Waals surface area contributed by atoms with Crippen LogP contribution in [0.5, 0.6) is 11.5 Å². The summed E-state index contributed by atoms with van der Waals surface area (Å²) in [6.45, 7) is 6.05. The SMILES string of the molecule is CCOc1cc(NC(=NC)NCCn2cnnc2CC)ccc1OC. The minimum atomic E-state index is 0.575. The van der Waals surface area contributed by atoms with E-state index in [1.54, 1.807) is 20.5 Å². The smallest absolute Gasteiger partial charge is 0.195 e. The van der Waals surface area contributed by atoms with Crippen molar-refractivity contribution in [1.82, 2.24) is 20.1 Å². The van der Waals surface area contributed by atoms with Crippen molar-refractivity contribution in [2.75, 3.05) is 32.6 Å². The van der Waals surface area contributed by atoms with E-state index >= 15 is 0 Å². The minimum Gasteiger partial charge on any atom is -0.493 e. The molecule has 25 heavy (non-hydrogen) atoms. The molecule has 2 N–H and O–H groups in total. The molecule has 0 aliphatic rings. The monoisotopic (exact) mass is 346 g/mol. The highest BCUT2D eigenvalue weighted by atomic mass is 16.5. The Balaban J connectivity index is 1.94. The summed E-state index contributed by atoms with van der Waals surface area (Å²) in [6, 6.07) is 5.68. The van der Waals surface area contributed by atoms with Crippen molar-refractivity contribution in [3.05, 3.63) is 30.4 Å². The molecule has 0 amide bonds. The van der Waals surface area contributed by atoms with Gasteiger partial charge in [-0.05, 0) is 19.1 Å². The second kappa shape index (κ2) is 9.51. The molecule has 8 heteroatoms. The van der Waals surface area contributed by atoms with Crippen LogP contribution in [0.2, 0.25) is 0 Å². The van der Waals surface area contributed by atoms with E-state index in [9.17, 15) is 0 Å². The van der Waals surface area contributed by atoms with Crippen molar-refractivity contribution < 1.29 is 9.47 Å². The van der Waals surface area contributed by atoms with Gasteiger partial charge in [0.05, 0.1) is 13.7 Å². The topological polar surface area (TPSA) is 85.6 Å². The molecule has 136 valence electrons. The number of rotatable bonds is 8. The minimum absolute atomic E-state index is 0.575. The predicted molar refractivity (Wildman–Crippen MR) is 98.5 cm³/mol. The molecule has 1 aromatic carbocycles. The number of hydrogen-bond donors (Lipinski definition) is 2. The highest BCUT2D eigenvalue weighted by Gasteiger charge is 2.07. The lowest BCUT2D eigenvalue weighted by atomic mass is 10.2. The second-order valence-electron chi connectivity index (χ2n) is 5.22. The van der Waals surface area contributed by atoms with E-state index in [0.29, 0.717) is 30.6 Å². The third-order valence-corrected chi connectivity index (χ3v) is 3.61. The van der Waals surface area contributed by atoms with Crippen molar-refractivity contribution in [3.63, 3.8) is 0 Å². The molecule has 0 unspecified atom stereocenters. The number of ether oxygens (including phenoxy) is 2. The van der Waals surface area contributed by atoms with Gasteiger partial charge in [0.15, 0.2) is 17.5 Å². The molecule has 2 aromatic rings. The zero-order chi connectivity index (χ0) is 18.1. The molecule has 0 bridgehead atoms. The van der Waals surface area contributed by atoms with Gasteiger partial charge in [0.1, 0.15) is 12.2 Å². The molecule has 1 aromatic heterocycles. The number of nitrogens with one attached hydrogen (secondary N) is 2. The van der Waals surface area contributed by atoms with Crippen LogP contribution in [-0.2, 0) is 13.0 Å². The van der Waals surface area contributed by atoms with E-state index in [0.717, 1.165) is 24.5 Å². The maximum atomic E-state index is 5.60. The molecular formula is C17H26N6O2. The molecule has 0 aliphatic carbocycles. The first-order valence-corrected chi connectivity index (χ1v) is 8.37. The van der Waals surface area contributed by atoms with Gasteiger partial charge in [-0.2, -0.15) is 0 Å². The average molecular weight is 346 g/mol. The Labute approximate surface area is 148 Å². The van der Waals surface area contributed by atoms with Gasteiger partial charge in [0, 0.05) is 38.3 Å². The second-order valence-corrected chi connectivity index (χ2v) is 5.22. The summed E-state index contributed by atoms with van der Waals surface area (Å²) in [7, 11) is 3.36. The summed E-state index contributed by atoms with van der Waals surface area (Å²) < 4.78 is 12.9.